The molecule has 0 bridgehead atoms. The number of hydrogen-bond acceptors (Lipinski definition) is 10. The Morgan fingerprint density at radius 2 is 1.40 bits per heavy atom. The second-order valence-electron chi connectivity index (χ2n) is 12.1. The molecule has 55 heavy (non-hydrogen) atoms. The Hall–Kier alpha value is -4.34. The van der Waals surface area contributed by atoms with Crippen molar-refractivity contribution in [3.05, 3.63) is 71.3 Å². The predicted octanol–water partition coefficient (Wildman–Crippen LogP) is 0.800. The van der Waals surface area contributed by atoms with Crippen molar-refractivity contribution in [1.29, 1.82) is 0 Å². The summed E-state index contributed by atoms with van der Waals surface area (Å²) in [5.41, 5.74) is 12.7. The molecule has 0 spiro atoms. The van der Waals surface area contributed by atoms with Gasteiger partial charge >= 0.3 is 275 Å². The standard InChI is InChI=1S/C36H52FIN8O8S/c37-20-26-10-12-27(13-11-26)33(50)41-17-18-55-23-32(49)44-24-38(14-6-16-40)36(54)43-22-31(48)46-29(19-25-7-2-1-3-8-25)34(51)42-21-30(47)45-28(35(52)53)9-4-5-15-39/h1-3,7-8,10-13,28-29H,4-6,9,14-24,39-40H2,(H,41,50)(H,42,51)(H,43,54)(H,44,49)(H,45,47)(H,46,48)(H,52,53). The minimum atomic E-state index is -2.54. The number of aliphatic carboxylic acids is 1. The van der Waals surface area contributed by atoms with Crippen LogP contribution in [-0.2, 0) is 37.1 Å². The van der Waals surface area contributed by atoms with E-state index in [1.54, 1.807) is 54.6 Å². The SMILES string of the molecule is NCCCCC(NC(=O)CNC(=O)C(Cc1ccccc1)NC(=O)CNC(=O)I(CCCN)CNC(=O)CSCCNC(=O)c1ccc(CF)cc1)C(=O)O. The zero-order valence-corrected chi connectivity index (χ0v) is 33.6. The number of carboxylic acids is 1. The first kappa shape index (κ1) is 46.8. The summed E-state index contributed by atoms with van der Waals surface area (Å²) in [7, 11) is 0. The number of thioether (sulfide) groups is 1. The summed E-state index contributed by atoms with van der Waals surface area (Å²) >= 11 is -1.24. The van der Waals surface area contributed by atoms with Gasteiger partial charge in [-0.1, -0.05) is 0 Å². The van der Waals surface area contributed by atoms with E-state index in [0.29, 0.717) is 60.2 Å². The van der Waals surface area contributed by atoms with E-state index < -0.39 is 75.4 Å². The van der Waals surface area contributed by atoms with Gasteiger partial charge in [0.25, 0.3) is 0 Å². The van der Waals surface area contributed by atoms with Crippen molar-refractivity contribution >= 4 is 71.0 Å². The number of carbonyl (C=O) groups excluding carboxylic acids is 6. The molecule has 16 nitrogen and oxygen atoms in total. The third-order valence-corrected chi connectivity index (χ3v) is 13.8. The van der Waals surface area contributed by atoms with Crippen LogP contribution in [0.5, 0.6) is 0 Å². The second-order valence-corrected chi connectivity index (χ2v) is 18.6. The van der Waals surface area contributed by atoms with Crippen LogP contribution in [0.2, 0.25) is 0 Å². The van der Waals surface area contributed by atoms with Crippen molar-refractivity contribution < 1.29 is 43.1 Å². The Labute approximate surface area is 331 Å². The maximum Gasteiger partial charge on any atom is 0.326 e. The largest absolute Gasteiger partial charge is 0.480 e. The molecule has 0 aliphatic carbocycles. The number of amides is 6. The molecule has 0 aromatic heterocycles. The molecule has 2 atom stereocenters. The molecule has 2 aromatic carbocycles. The van der Waals surface area contributed by atoms with Gasteiger partial charge in [-0.2, -0.15) is 0 Å². The smallest absolute Gasteiger partial charge is 0.326 e. The Morgan fingerprint density at radius 1 is 0.745 bits per heavy atom. The Morgan fingerprint density at radius 3 is 2.04 bits per heavy atom. The van der Waals surface area contributed by atoms with Crippen LogP contribution >= 0.6 is 31.6 Å². The Balaban J connectivity index is 1.85. The molecule has 19 heteroatoms. The number of hydrogen-bond donors (Lipinski definition) is 9. The van der Waals surface area contributed by atoms with Crippen molar-refractivity contribution in [3.8, 4) is 0 Å². The molecule has 2 rings (SSSR count). The molecule has 0 fully saturated rings. The van der Waals surface area contributed by atoms with Crippen LogP contribution in [0, 0.1) is 0 Å². The van der Waals surface area contributed by atoms with Crippen LogP contribution in [0.25, 0.3) is 0 Å². The normalized spacial score (nSPS) is 12.0. The number of benzene rings is 2. The van der Waals surface area contributed by atoms with E-state index in [9.17, 15) is 43.1 Å². The van der Waals surface area contributed by atoms with E-state index in [0.717, 1.165) is 5.56 Å². The fraction of sp³-hybridized carbons (Fsp3) is 0.472. The molecule has 0 heterocycles. The van der Waals surface area contributed by atoms with Gasteiger partial charge in [0, 0.05) is 0 Å². The number of rotatable bonds is 27. The van der Waals surface area contributed by atoms with Crippen LogP contribution in [-0.4, -0.2) is 110 Å². The van der Waals surface area contributed by atoms with E-state index in [1.807, 2.05) is 0 Å². The summed E-state index contributed by atoms with van der Waals surface area (Å²) in [5.74, 6) is -3.28. The fourth-order valence-electron chi connectivity index (χ4n) is 4.74. The second kappa shape index (κ2) is 27.3. The number of unbranched alkanes of at least 4 members (excludes halogenated alkanes) is 1. The molecule has 2 unspecified atom stereocenters. The van der Waals surface area contributed by atoms with Gasteiger partial charge in [-0.3, -0.25) is 0 Å². The number of carbonyl (C=O) groups is 7. The zero-order chi connectivity index (χ0) is 40.4. The molecule has 0 saturated heterocycles. The Bertz CT molecular complexity index is 1540. The minimum Gasteiger partial charge on any atom is -0.480 e. The predicted molar refractivity (Wildman–Crippen MR) is 217 cm³/mol. The Kier molecular flexibility index (Phi) is 23.2. The van der Waals surface area contributed by atoms with Crippen molar-refractivity contribution in [3.63, 3.8) is 0 Å². The van der Waals surface area contributed by atoms with Crippen LogP contribution < -0.4 is 43.4 Å². The van der Waals surface area contributed by atoms with E-state index in [4.69, 9.17) is 11.5 Å². The minimum absolute atomic E-state index is 0.0750. The van der Waals surface area contributed by atoms with Gasteiger partial charge < -0.3 is 10.8 Å². The van der Waals surface area contributed by atoms with Gasteiger partial charge in [0.1, 0.15) is 6.67 Å². The maximum atomic E-state index is 13.2. The first-order valence-corrected chi connectivity index (χ1v) is 23.0. The van der Waals surface area contributed by atoms with Crippen molar-refractivity contribution in [2.45, 2.75) is 50.9 Å². The van der Waals surface area contributed by atoms with Crippen molar-refractivity contribution in [1.82, 2.24) is 31.9 Å². The molecular formula is C36H52FIN8O8S. The summed E-state index contributed by atoms with van der Waals surface area (Å²) < 4.78 is 13.0. The van der Waals surface area contributed by atoms with Crippen LogP contribution in [0.4, 0.5) is 9.18 Å². The van der Waals surface area contributed by atoms with Gasteiger partial charge in [0.2, 0.25) is 0 Å². The summed E-state index contributed by atoms with van der Waals surface area (Å²) in [4.78, 5) is 88.0. The van der Waals surface area contributed by atoms with E-state index in [1.165, 1.54) is 11.8 Å². The van der Waals surface area contributed by atoms with E-state index in [2.05, 4.69) is 31.9 Å². The van der Waals surface area contributed by atoms with Gasteiger partial charge in [0.05, 0.1) is 0 Å². The molecular weight excluding hydrogens is 850 g/mol. The molecule has 0 saturated carbocycles. The average Bonchev–Trinajstić information content (AvgIpc) is 3.18. The maximum absolute atomic E-state index is 13.2. The molecule has 11 N–H and O–H groups in total. The first-order chi connectivity index (χ1) is 26.5. The van der Waals surface area contributed by atoms with E-state index >= 15 is 0 Å². The number of carboxylic acid groups (broad SMARTS) is 1. The van der Waals surface area contributed by atoms with Gasteiger partial charge in [-0.25, -0.2) is 9.18 Å². The summed E-state index contributed by atoms with van der Waals surface area (Å²) in [5, 5.41) is 25.0. The molecule has 0 aliphatic rings. The van der Waals surface area contributed by atoms with E-state index in [-0.39, 0.29) is 38.9 Å². The first-order valence-electron chi connectivity index (χ1n) is 17.7. The summed E-state index contributed by atoms with van der Waals surface area (Å²) in [6.07, 6.45) is 1.90. The molecule has 0 radical (unpaired) electrons. The number of halogens is 2. The number of nitrogens with two attached hydrogens (primary N) is 2. The fourth-order valence-corrected chi connectivity index (χ4v) is 9.61. The quantitative estimate of drug-likeness (QED) is 0.0199. The molecule has 0 aliphatic heterocycles. The third kappa shape index (κ3) is 19.7. The van der Waals surface area contributed by atoms with Gasteiger partial charge in [0.15, 0.2) is 0 Å². The van der Waals surface area contributed by atoms with Gasteiger partial charge in [-0.15, -0.1) is 0 Å². The molecule has 2 aromatic rings. The summed E-state index contributed by atoms with van der Waals surface area (Å²) in [6, 6.07) is 12.7. The van der Waals surface area contributed by atoms with Crippen molar-refractivity contribution in [2.24, 2.45) is 11.5 Å². The van der Waals surface area contributed by atoms with Crippen molar-refractivity contribution in [2.75, 3.05) is 53.2 Å². The molecule has 304 valence electrons. The average molecular weight is 903 g/mol. The summed E-state index contributed by atoms with van der Waals surface area (Å²) in [6.45, 7) is -0.526. The van der Waals surface area contributed by atoms with Crippen LogP contribution in [0.1, 0.15) is 47.2 Å². The number of alkyl halides is 3. The van der Waals surface area contributed by atoms with Crippen LogP contribution in [0.3, 0.4) is 0 Å². The third-order valence-electron chi connectivity index (χ3n) is 7.70. The monoisotopic (exact) mass is 902 g/mol. The topological polar surface area (TPSA) is 264 Å². The molecule has 6 amide bonds. The number of nitrogens with one attached hydrogen (secondary N) is 6. The van der Waals surface area contributed by atoms with Gasteiger partial charge in [-0.05, 0) is 31.4 Å². The van der Waals surface area contributed by atoms with Crippen LogP contribution in [0.15, 0.2) is 54.6 Å². The zero-order valence-electron chi connectivity index (χ0n) is 30.6.